The van der Waals surface area contributed by atoms with Crippen molar-refractivity contribution in [2.45, 2.75) is 64.0 Å². The van der Waals surface area contributed by atoms with Crippen molar-refractivity contribution in [2.24, 2.45) is 0 Å². The van der Waals surface area contributed by atoms with Crippen LogP contribution in [0, 0.1) is 19.7 Å². The van der Waals surface area contributed by atoms with Crippen molar-refractivity contribution in [1.82, 2.24) is 5.32 Å². The van der Waals surface area contributed by atoms with Gasteiger partial charge in [0.2, 0.25) is 0 Å². The van der Waals surface area contributed by atoms with Crippen LogP contribution < -0.4 is 5.32 Å². The molecule has 2 nitrogen and oxygen atoms in total. The van der Waals surface area contributed by atoms with E-state index in [4.69, 9.17) is 4.74 Å². The Kier molecular flexibility index (Phi) is 5.39. The van der Waals surface area contributed by atoms with E-state index in [2.05, 4.69) is 11.4 Å². The van der Waals surface area contributed by atoms with E-state index in [1.54, 1.807) is 13.2 Å². The van der Waals surface area contributed by atoms with E-state index in [-0.39, 0.29) is 17.5 Å². The number of benzene rings is 1. The lowest BCUT2D eigenvalue weighted by Crippen LogP contribution is -2.45. The molecule has 1 aliphatic carbocycles. The van der Waals surface area contributed by atoms with Gasteiger partial charge in [0, 0.05) is 12.7 Å². The summed E-state index contributed by atoms with van der Waals surface area (Å²) in [6.07, 6.45) is 6.77. The molecular weight excluding hydrogens is 265 g/mol. The van der Waals surface area contributed by atoms with Crippen LogP contribution in [0.15, 0.2) is 12.1 Å². The Morgan fingerprint density at radius 1 is 1.14 bits per heavy atom. The summed E-state index contributed by atoms with van der Waals surface area (Å²) in [6.45, 7) is 3.93. The number of likely N-dealkylation sites (N-methyl/N-ethyl adjacent to an activating group) is 1. The maximum absolute atomic E-state index is 14.6. The van der Waals surface area contributed by atoms with E-state index in [1.807, 2.05) is 20.9 Å². The Labute approximate surface area is 128 Å². The van der Waals surface area contributed by atoms with E-state index in [0.29, 0.717) is 0 Å². The smallest absolute Gasteiger partial charge is 0.128 e. The molecule has 1 aliphatic rings. The second kappa shape index (κ2) is 6.89. The molecule has 1 atom stereocenters. The molecule has 2 rings (SSSR count). The maximum atomic E-state index is 14.6. The standard InChI is InChI=1S/C18H28FNO/c1-13-11-14(2)16(15(19)12-13)17(20-3)18(21-4)9-7-5-6-8-10-18/h11-12,17,20H,5-10H2,1-4H3. The molecular formula is C18H28FNO. The first kappa shape index (κ1) is 16.4. The Hall–Kier alpha value is -0.930. The van der Waals surface area contributed by atoms with E-state index >= 15 is 0 Å². The number of nitrogens with one attached hydrogen (secondary N) is 1. The molecule has 1 unspecified atom stereocenters. The quantitative estimate of drug-likeness (QED) is 0.829. The average Bonchev–Trinajstić information content (AvgIpc) is 2.69. The highest BCUT2D eigenvalue weighted by molar-refractivity contribution is 5.36. The fraction of sp³-hybridized carbons (Fsp3) is 0.667. The number of hydrogen-bond donors (Lipinski definition) is 1. The van der Waals surface area contributed by atoms with Crippen molar-refractivity contribution in [3.05, 3.63) is 34.6 Å². The summed E-state index contributed by atoms with van der Waals surface area (Å²) in [5.74, 6) is -0.118. The number of rotatable bonds is 4. The minimum Gasteiger partial charge on any atom is -0.376 e. The predicted octanol–water partition coefficient (Wildman–Crippen LogP) is 4.44. The van der Waals surface area contributed by atoms with Crippen LogP contribution in [0.4, 0.5) is 4.39 Å². The largest absolute Gasteiger partial charge is 0.376 e. The molecule has 1 N–H and O–H groups in total. The molecule has 0 heterocycles. The Morgan fingerprint density at radius 3 is 2.24 bits per heavy atom. The van der Waals surface area contributed by atoms with Crippen molar-refractivity contribution in [1.29, 1.82) is 0 Å². The number of ether oxygens (including phenoxy) is 1. The second-order valence-corrected chi connectivity index (χ2v) is 6.38. The SMILES string of the molecule is CNC(c1c(C)cc(C)cc1F)C1(OC)CCCCCC1. The van der Waals surface area contributed by atoms with Crippen molar-refractivity contribution in [3.63, 3.8) is 0 Å². The number of hydrogen-bond acceptors (Lipinski definition) is 2. The summed E-state index contributed by atoms with van der Waals surface area (Å²) in [4.78, 5) is 0. The van der Waals surface area contributed by atoms with Gasteiger partial charge in [-0.1, -0.05) is 31.7 Å². The first-order chi connectivity index (χ1) is 10.0. The molecule has 0 radical (unpaired) electrons. The van der Waals surface area contributed by atoms with Gasteiger partial charge in [0.15, 0.2) is 0 Å². The summed E-state index contributed by atoms with van der Waals surface area (Å²) in [7, 11) is 3.69. The van der Waals surface area contributed by atoms with Crippen molar-refractivity contribution in [2.75, 3.05) is 14.2 Å². The Balaban J connectivity index is 2.46. The normalized spacial score (nSPS) is 20.0. The lowest BCUT2D eigenvalue weighted by molar-refractivity contribution is -0.0532. The zero-order chi connectivity index (χ0) is 15.5. The van der Waals surface area contributed by atoms with Gasteiger partial charge in [0.1, 0.15) is 5.82 Å². The third kappa shape index (κ3) is 3.29. The molecule has 0 spiro atoms. The average molecular weight is 293 g/mol. The molecule has 1 saturated carbocycles. The minimum absolute atomic E-state index is 0.0961. The van der Waals surface area contributed by atoms with Gasteiger partial charge >= 0.3 is 0 Å². The molecule has 3 heteroatoms. The van der Waals surface area contributed by atoms with Gasteiger partial charge in [-0.25, -0.2) is 4.39 Å². The van der Waals surface area contributed by atoms with Crippen LogP contribution in [0.3, 0.4) is 0 Å². The van der Waals surface area contributed by atoms with E-state index in [1.165, 1.54) is 12.8 Å². The van der Waals surface area contributed by atoms with Crippen LogP contribution in [0.5, 0.6) is 0 Å². The van der Waals surface area contributed by atoms with Gasteiger partial charge < -0.3 is 10.1 Å². The van der Waals surface area contributed by atoms with E-state index in [9.17, 15) is 4.39 Å². The number of methoxy groups -OCH3 is 1. The van der Waals surface area contributed by atoms with Crippen molar-refractivity contribution in [3.8, 4) is 0 Å². The highest BCUT2D eigenvalue weighted by Gasteiger charge is 2.41. The minimum atomic E-state index is -0.299. The van der Waals surface area contributed by atoms with Crippen LogP contribution in [0.2, 0.25) is 0 Å². The Bertz CT molecular complexity index is 455. The number of aryl methyl sites for hydroxylation is 2. The van der Waals surface area contributed by atoms with Gasteiger partial charge in [-0.2, -0.15) is 0 Å². The topological polar surface area (TPSA) is 21.3 Å². The maximum Gasteiger partial charge on any atom is 0.128 e. The van der Waals surface area contributed by atoms with Gasteiger partial charge in [0.25, 0.3) is 0 Å². The highest BCUT2D eigenvalue weighted by atomic mass is 19.1. The van der Waals surface area contributed by atoms with E-state index in [0.717, 1.165) is 42.4 Å². The van der Waals surface area contributed by atoms with Crippen LogP contribution in [-0.4, -0.2) is 19.8 Å². The molecule has 0 saturated heterocycles. The van der Waals surface area contributed by atoms with E-state index < -0.39 is 0 Å². The molecule has 118 valence electrons. The molecule has 0 aromatic heterocycles. The monoisotopic (exact) mass is 293 g/mol. The van der Waals surface area contributed by atoms with Crippen LogP contribution >= 0.6 is 0 Å². The fourth-order valence-electron chi connectivity index (χ4n) is 3.90. The van der Waals surface area contributed by atoms with Gasteiger partial charge in [-0.3, -0.25) is 0 Å². The molecule has 0 bridgehead atoms. The number of halogens is 1. The van der Waals surface area contributed by atoms with Crippen molar-refractivity contribution >= 4 is 0 Å². The Morgan fingerprint density at radius 2 is 1.76 bits per heavy atom. The fourth-order valence-corrected chi connectivity index (χ4v) is 3.90. The molecule has 0 amide bonds. The zero-order valence-electron chi connectivity index (χ0n) is 13.8. The third-order valence-electron chi connectivity index (χ3n) is 4.94. The van der Waals surface area contributed by atoms with Gasteiger partial charge in [0.05, 0.1) is 11.6 Å². The van der Waals surface area contributed by atoms with Crippen LogP contribution in [0.1, 0.15) is 61.3 Å². The second-order valence-electron chi connectivity index (χ2n) is 6.38. The van der Waals surface area contributed by atoms with Crippen LogP contribution in [-0.2, 0) is 4.74 Å². The van der Waals surface area contributed by atoms with Crippen LogP contribution in [0.25, 0.3) is 0 Å². The molecule has 1 fully saturated rings. The molecule has 1 aromatic carbocycles. The molecule has 21 heavy (non-hydrogen) atoms. The summed E-state index contributed by atoms with van der Waals surface area (Å²) in [6, 6.07) is 3.59. The zero-order valence-corrected chi connectivity index (χ0v) is 13.8. The summed E-state index contributed by atoms with van der Waals surface area (Å²) in [5, 5.41) is 3.34. The molecule has 0 aliphatic heterocycles. The summed E-state index contributed by atoms with van der Waals surface area (Å²) in [5.41, 5.74) is 2.45. The van der Waals surface area contributed by atoms with Crippen molar-refractivity contribution < 1.29 is 9.13 Å². The predicted molar refractivity (Wildman–Crippen MR) is 85.1 cm³/mol. The summed E-state index contributed by atoms with van der Waals surface area (Å²) >= 11 is 0. The first-order valence-electron chi connectivity index (χ1n) is 8.03. The van der Waals surface area contributed by atoms with Gasteiger partial charge in [-0.05, 0) is 50.9 Å². The molecule has 1 aromatic rings. The first-order valence-corrected chi connectivity index (χ1v) is 8.03. The lowest BCUT2D eigenvalue weighted by atomic mass is 9.80. The lowest BCUT2D eigenvalue weighted by Gasteiger charge is -2.40. The highest BCUT2D eigenvalue weighted by Crippen LogP contribution is 2.41. The third-order valence-corrected chi connectivity index (χ3v) is 4.94. The summed E-state index contributed by atoms with van der Waals surface area (Å²) < 4.78 is 20.6. The van der Waals surface area contributed by atoms with Gasteiger partial charge in [-0.15, -0.1) is 0 Å².